The molecule has 2 aromatic carbocycles. The van der Waals surface area contributed by atoms with Crippen LogP contribution in [0.5, 0.6) is 0 Å². The number of H-pyrrole nitrogens is 1. The summed E-state index contributed by atoms with van der Waals surface area (Å²) in [6.07, 6.45) is 3.93. The van der Waals surface area contributed by atoms with Crippen molar-refractivity contribution in [3.63, 3.8) is 0 Å². The number of hydrogen-bond donors (Lipinski definition) is 2. The smallest absolute Gasteiger partial charge is 0.159 e. The van der Waals surface area contributed by atoms with Crippen LogP contribution in [0.1, 0.15) is 25.3 Å². The van der Waals surface area contributed by atoms with Gasteiger partial charge in [0.25, 0.3) is 0 Å². The Balaban J connectivity index is 1.12. The Morgan fingerprint density at radius 2 is 1.66 bits per heavy atom. The fourth-order valence-electron chi connectivity index (χ4n) is 5.64. The van der Waals surface area contributed by atoms with Crippen LogP contribution in [0.15, 0.2) is 60.8 Å². The second-order valence-electron chi connectivity index (χ2n) is 10.4. The molecule has 0 atom stereocenters. The molecule has 0 spiro atoms. The monoisotopic (exact) mass is 529 g/mol. The molecule has 4 heterocycles. The lowest BCUT2D eigenvalue weighted by Gasteiger charge is -2.36. The normalized spacial score (nSPS) is 17.8. The van der Waals surface area contributed by atoms with Crippen molar-refractivity contribution in [2.24, 2.45) is 0 Å². The number of pyridine rings is 1. The van der Waals surface area contributed by atoms with Crippen LogP contribution in [0.3, 0.4) is 0 Å². The molecule has 2 saturated heterocycles. The van der Waals surface area contributed by atoms with E-state index in [0.29, 0.717) is 11.1 Å². The van der Waals surface area contributed by atoms with E-state index in [4.69, 9.17) is 16.6 Å². The number of piperidine rings is 1. The van der Waals surface area contributed by atoms with E-state index in [0.717, 1.165) is 93.4 Å². The zero-order valence-corrected chi connectivity index (χ0v) is 22.8. The number of piperazine rings is 1. The number of aromatic amines is 1. The first-order valence-corrected chi connectivity index (χ1v) is 14.2. The number of hydrogen-bond acceptors (Lipinski definition) is 6. The Labute approximate surface area is 229 Å². The highest BCUT2D eigenvalue weighted by molar-refractivity contribution is 6.34. The average Bonchev–Trinajstić information content (AvgIpc) is 3.41. The molecule has 2 fully saturated rings. The van der Waals surface area contributed by atoms with E-state index in [2.05, 4.69) is 91.5 Å². The van der Waals surface area contributed by atoms with E-state index in [1.165, 1.54) is 11.3 Å². The van der Waals surface area contributed by atoms with Gasteiger partial charge >= 0.3 is 0 Å². The lowest BCUT2D eigenvalue weighted by Crippen LogP contribution is -2.45. The number of imidazole rings is 1. The predicted octanol–water partition coefficient (Wildman–Crippen LogP) is 5.50. The average molecular weight is 530 g/mol. The zero-order valence-electron chi connectivity index (χ0n) is 22.0. The molecule has 8 heteroatoms. The summed E-state index contributed by atoms with van der Waals surface area (Å²) < 4.78 is 0. The molecular formula is C30H36ClN7. The number of nitrogens with zero attached hydrogens (tertiary/aromatic N) is 5. The molecule has 0 amide bonds. The van der Waals surface area contributed by atoms with Gasteiger partial charge in [0.1, 0.15) is 11.3 Å². The first-order valence-electron chi connectivity index (χ1n) is 13.8. The van der Waals surface area contributed by atoms with Gasteiger partial charge in [0, 0.05) is 63.1 Å². The van der Waals surface area contributed by atoms with Crippen molar-refractivity contribution in [2.45, 2.75) is 32.4 Å². The molecule has 6 rings (SSSR count). The lowest BCUT2D eigenvalue weighted by molar-refractivity contribution is 0.229. The van der Waals surface area contributed by atoms with Gasteiger partial charge in [-0.05, 0) is 49.2 Å². The van der Waals surface area contributed by atoms with Crippen molar-refractivity contribution < 1.29 is 0 Å². The summed E-state index contributed by atoms with van der Waals surface area (Å²) >= 11 is 6.60. The SMILES string of the molecule is CCN1CCC(Nc2c(Cl)cnc3[nH]c(-c4ccc(N5CCN(Cc6ccccc6)CC5)cc4)nc23)CC1. The number of likely N-dealkylation sites (tertiary alicyclic amines) is 1. The molecule has 2 N–H and O–H groups in total. The maximum absolute atomic E-state index is 6.60. The third kappa shape index (κ3) is 5.51. The van der Waals surface area contributed by atoms with Gasteiger partial charge in [-0.15, -0.1) is 0 Å². The van der Waals surface area contributed by atoms with Gasteiger partial charge in [0.15, 0.2) is 5.65 Å². The Kier molecular flexibility index (Phi) is 7.49. The van der Waals surface area contributed by atoms with Crippen LogP contribution < -0.4 is 10.2 Å². The van der Waals surface area contributed by atoms with E-state index in [9.17, 15) is 0 Å². The molecule has 2 aliphatic rings. The summed E-state index contributed by atoms with van der Waals surface area (Å²) in [6, 6.07) is 19.8. The number of anilines is 2. The summed E-state index contributed by atoms with van der Waals surface area (Å²) in [6.45, 7) is 10.8. The van der Waals surface area contributed by atoms with Gasteiger partial charge in [-0.25, -0.2) is 9.97 Å². The summed E-state index contributed by atoms with van der Waals surface area (Å²) in [5.41, 5.74) is 6.14. The van der Waals surface area contributed by atoms with Crippen LogP contribution >= 0.6 is 11.6 Å². The van der Waals surface area contributed by atoms with E-state index in [1.54, 1.807) is 6.20 Å². The van der Waals surface area contributed by atoms with Crippen LogP contribution in [0.2, 0.25) is 5.02 Å². The molecule has 7 nitrogen and oxygen atoms in total. The first kappa shape index (κ1) is 25.2. The zero-order chi connectivity index (χ0) is 25.9. The van der Waals surface area contributed by atoms with Crippen molar-refractivity contribution in [3.05, 3.63) is 71.4 Å². The van der Waals surface area contributed by atoms with Gasteiger partial charge in [0.05, 0.1) is 16.9 Å². The Hall–Kier alpha value is -3.13. The minimum absolute atomic E-state index is 0.397. The Morgan fingerprint density at radius 3 is 2.37 bits per heavy atom. The summed E-state index contributed by atoms with van der Waals surface area (Å²) in [5.74, 6) is 0.817. The highest BCUT2D eigenvalue weighted by Gasteiger charge is 2.22. The van der Waals surface area contributed by atoms with Crippen LogP contribution in [0.4, 0.5) is 11.4 Å². The summed E-state index contributed by atoms with van der Waals surface area (Å²) in [4.78, 5) is 20.4. The van der Waals surface area contributed by atoms with E-state index < -0.39 is 0 Å². The number of halogens is 1. The fraction of sp³-hybridized carbons (Fsp3) is 0.400. The van der Waals surface area contributed by atoms with Crippen LogP contribution in [0, 0.1) is 0 Å². The van der Waals surface area contributed by atoms with Gasteiger partial charge in [-0.1, -0.05) is 48.9 Å². The third-order valence-electron chi connectivity index (χ3n) is 7.98. The standard InChI is InChI=1S/C30H36ClN7/c1-2-36-14-12-24(13-15-36)33-27-26(31)20-32-30-28(27)34-29(35-30)23-8-10-25(11-9-23)38-18-16-37(17-19-38)21-22-6-4-3-5-7-22/h3-11,20,24H,2,12-19,21H2,1H3,(H2,32,33,34,35). The van der Waals surface area contributed by atoms with Crippen LogP contribution in [-0.2, 0) is 6.54 Å². The first-order chi connectivity index (χ1) is 18.7. The molecule has 0 bridgehead atoms. The van der Waals surface area contributed by atoms with Gasteiger partial charge in [-0.3, -0.25) is 4.90 Å². The molecule has 2 aliphatic heterocycles. The molecule has 0 saturated carbocycles. The van der Waals surface area contributed by atoms with Crippen molar-refractivity contribution in [3.8, 4) is 11.4 Å². The van der Waals surface area contributed by atoms with Gasteiger partial charge in [0.2, 0.25) is 0 Å². The highest BCUT2D eigenvalue weighted by atomic mass is 35.5. The molecule has 0 unspecified atom stereocenters. The molecule has 2 aromatic heterocycles. The predicted molar refractivity (Wildman–Crippen MR) is 157 cm³/mol. The maximum Gasteiger partial charge on any atom is 0.159 e. The Morgan fingerprint density at radius 1 is 0.921 bits per heavy atom. The van der Waals surface area contributed by atoms with Crippen LogP contribution in [0.25, 0.3) is 22.6 Å². The number of nitrogens with one attached hydrogen (secondary N) is 2. The van der Waals surface area contributed by atoms with Crippen molar-refractivity contribution >= 4 is 34.1 Å². The van der Waals surface area contributed by atoms with Crippen molar-refractivity contribution in [1.82, 2.24) is 24.8 Å². The maximum atomic E-state index is 6.60. The quantitative estimate of drug-likeness (QED) is 0.330. The fourth-order valence-corrected chi connectivity index (χ4v) is 5.83. The van der Waals surface area contributed by atoms with Crippen molar-refractivity contribution in [1.29, 1.82) is 0 Å². The molecule has 4 aromatic rings. The second-order valence-corrected chi connectivity index (χ2v) is 10.8. The van der Waals surface area contributed by atoms with E-state index in [-0.39, 0.29) is 0 Å². The molecule has 0 aliphatic carbocycles. The summed E-state index contributed by atoms with van der Waals surface area (Å²) in [5, 5.41) is 4.30. The number of aromatic nitrogens is 3. The summed E-state index contributed by atoms with van der Waals surface area (Å²) in [7, 11) is 0. The van der Waals surface area contributed by atoms with Crippen molar-refractivity contribution in [2.75, 3.05) is 56.0 Å². The third-order valence-corrected chi connectivity index (χ3v) is 8.26. The molecule has 198 valence electrons. The molecule has 38 heavy (non-hydrogen) atoms. The topological polar surface area (TPSA) is 63.3 Å². The Bertz CT molecular complexity index is 1340. The minimum atomic E-state index is 0.397. The number of fused-ring (bicyclic) bond motifs is 1. The van der Waals surface area contributed by atoms with Gasteiger partial charge < -0.3 is 20.1 Å². The molecule has 0 radical (unpaired) electrons. The number of rotatable bonds is 7. The highest BCUT2D eigenvalue weighted by Crippen LogP contribution is 2.32. The van der Waals surface area contributed by atoms with Crippen LogP contribution in [-0.4, -0.2) is 76.6 Å². The second kappa shape index (κ2) is 11.3. The van der Waals surface area contributed by atoms with E-state index in [1.807, 2.05) is 0 Å². The minimum Gasteiger partial charge on any atom is -0.379 e. The van der Waals surface area contributed by atoms with E-state index >= 15 is 0 Å². The lowest BCUT2D eigenvalue weighted by atomic mass is 10.0. The van der Waals surface area contributed by atoms with Gasteiger partial charge in [-0.2, -0.15) is 0 Å². The molecular weight excluding hydrogens is 494 g/mol. The number of benzene rings is 2. The largest absolute Gasteiger partial charge is 0.379 e.